The molecule has 114 valence electrons. The van der Waals surface area contributed by atoms with Crippen LogP contribution in [0.3, 0.4) is 0 Å². The van der Waals surface area contributed by atoms with E-state index >= 15 is 0 Å². The molecule has 2 atom stereocenters. The van der Waals surface area contributed by atoms with Gasteiger partial charge in [-0.1, -0.05) is 6.92 Å². The minimum atomic E-state index is 0.703. The van der Waals surface area contributed by atoms with Gasteiger partial charge in [0.05, 0.1) is 13.2 Å². The molecule has 0 radical (unpaired) electrons. The molecule has 1 rings (SSSR count). The fourth-order valence-corrected chi connectivity index (χ4v) is 2.79. The first kappa shape index (κ1) is 16.9. The molecule has 0 bridgehead atoms. The minimum absolute atomic E-state index is 0.703. The number of hydrogen-bond donors (Lipinski definition) is 1. The largest absolute Gasteiger partial charge is 0.382 e. The van der Waals surface area contributed by atoms with Crippen molar-refractivity contribution < 1.29 is 9.47 Å². The summed E-state index contributed by atoms with van der Waals surface area (Å²) in [5.41, 5.74) is 0. The zero-order valence-electron chi connectivity index (χ0n) is 13.0. The molecule has 1 heterocycles. The van der Waals surface area contributed by atoms with Crippen LogP contribution in [-0.2, 0) is 9.47 Å². The van der Waals surface area contributed by atoms with Crippen LogP contribution in [0.5, 0.6) is 0 Å². The van der Waals surface area contributed by atoms with Gasteiger partial charge in [-0.05, 0) is 52.2 Å². The van der Waals surface area contributed by atoms with Crippen molar-refractivity contribution in [3.8, 4) is 0 Å². The van der Waals surface area contributed by atoms with Gasteiger partial charge >= 0.3 is 0 Å². The van der Waals surface area contributed by atoms with Crippen molar-refractivity contribution in [2.75, 3.05) is 46.6 Å². The molecule has 4 heteroatoms. The van der Waals surface area contributed by atoms with Gasteiger partial charge in [-0.3, -0.25) is 0 Å². The average molecular weight is 272 g/mol. The normalized spacial score (nSPS) is 24.8. The van der Waals surface area contributed by atoms with Gasteiger partial charge in [-0.15, -0.1) is 0 Å². The SMILES string of the molecule is CCNC1CCN(CCCCOCCOC)C(C)C1. The van der Waals surface area contributed by atoms with Crippen molar-refractivity contribution in [3.05, 3.63) is 0 Å². The summed E-state index contributed by atoms with van der Waals surface area (Å²) in [6.45, 7) is 10.4. The standard InChI is InChI=1S/C15H32N2O2/c1-4-16-15-7-9-17(14(2)13-15)8-5-6-10-19-12-11-18-3/h14-16H,4-13H2,1-3H3. The number of unbranched alkanes of at least 4 members (excludes halogenated alkanes) is 1. The second kappa shape index (κ2) is 10.6. The van der Waals surface area contributed by atoms with E-state index in [1.807, 2.05) is 0 Å². The topological polar surface area (TPSA) is 33.7 Å². The number of nitrogens with one attached hydrogen (secondary N) is 1. The quantitative estimate of drug-likeness (QED) is 0.616. The highest BCUT2D eigenvalue weighted by Gasteiger charge is 2.23. The van der Waals surface area contributed by atoms with E-state index in [2.05, 4.69) is 24.1 Å². The van der Waals surface area contributed by atoms with Gasteiger partial charge in [0.1, 0.15) is 0 Å². The molecule has 2 unspecified atom stereocenters. The number of piperidine rings is 1. The van der Waals surface area contributed by atoms with E-state index in [0.717, 1.165) is 32.2 Å². The van der Waals surface area contributed by atoms with Crippen LogP contribution in [0.4, 0.5) is 0 Å². The highest BCUT2D eigenvalue weighted by molar-refractivity contribution is 4.82. The van der Waals surface area contributed by atoms with Crippen molar-refractivity contribution >= 4 is 0 Å². The molecule has 1 fully saturated rings. The summed E-state index contributed by atoms with van der Waals surface area (Å²) in [7, 11) is 1.71. The Kier molecular flexibility index (Phi) is 9.43. The Morgan fingerprint density at radius 2 is 2.05 bits per heavy atom. The van der Waals surface area contributed by atoms with Crippen LogP contribution >= 0.6 is 0 Å². The Balaban J connectivity index is 2.01. The molecule has 1 saturated heterocycles. The van der Waals surface area contributed by atoms with Crippen molar-refractivity contribution in [1.29, 1.82) is 0 Å². The zero-order chi connectivity index (χ0) is 13.9. The predicted molar refractivity (Wildman–Crippen MR) is 79.7 cm³/mol. The molecule has 1 aliphatic rings. The summed E-state index contributed by atoms with van der Waals surface area (Å²) < 4.78 is 10.4. The molecule has 1 N–H and O–H groups in total. The fraction of sp³-hybridized carbons (Fsp3) is 1.00. The van der Waals surface area contributed by atoms with Gasteiger partial charge in [-0.25, -0.2) is 0 Å². The Morgan fingerprint density at radius 1 is 1.21 bits per heavy atom. The lowest BCUT2D eigenvalue weighted by atomic mass is 9.98. The highest BCUT2D eigenvalue weighted by Crippen LogP contribution is 2.17. The molecule has 0 aromatic heterocycles. The van der Waals surface area contributed by atoms with Crippen molar-refractivity contribution in [1.82, 2.24) is 10.2 Å². The molecule has 0 aromatic rings. The molecule has 4 nitrogen and oxygen atoms in total. The molecule has 0 saturated carbocycles. The summed E-state index contributed by atoms with van der Waals surface area (Å²) in [5, 5.41) is 3.57. The van der Waals surface area contributed by atoms with Gasteiger partial charge in [0, 0.05) is 25.8 Å². The molecule has 0 aromatic carbocycles. The Labute approximate surface area is 118 Å². The lowest BCUT2D eigenvalue weighted by Crippen LogP contribution is -2.47. The van der Waals surface area contributed by atoms with Gasteiger partial charge in [0.15, 0.2) is 0 Å². The Morgan fingerprint density at radius 3 is 2.74 bits per heavy atom. The molecule has 0 aliphatic carbocycles. The Bertz CT molecular complexity index is 214. The van der Waals surface area contributed by atoms with Crippen LogP contribution in [0.25, 0.3) is 0 Å². The lowest BCUT2D eigenvalue weighted by Gasteiger charge is -2.38. The van der Waals surface area contributed by atoms with Gasteiger partial charge in [0.25, 0.3) is 0 Å². The maximum atomic E-state index is 5.49. The van der Waals surface area contributed by atoms with Crippen LogP contribution < -0.4 is 5.32 Å². The smallest absolute Gasteiger partial charge is 0.0700 e. The van der Waals surface area contributed by atoms with Crippen molar-refractivity contribution in [2.24, 2.45) is 0 Å². The Hall–Kier alpha value is -0.160. The van der Waals surface area contributed by atoms with E-state index in [1.54, 1.807) is 7.11 Å². The number of hydrogen-bond acceptors (Lipinski definition) is 4. The highest BCUT2D eigenvalue weighted by atomic mass is 16.5. The number of methoxy groups -OCH3 is 1. The summed E-state index contributed by atoms with van der Waals surface area (Å²) in [6.07, 6.45) is 4.98. The van der Waals surface area contributed by atoms with Gasteiger partial charge < -0.3 is 19.7 Å². The number of likely N-dealkylation sites (tertiary alicyclic amines) is 1. The molecule has 1 aliphatic heterocycles. The minimum Gasteiger partial charge on any atom is -0.382 e. The van der Waals surface area contributed by atoms with Crippen LogP contribution in [-0.4, -0.2) is 63.5 Å². The van der Waals surface area contributed by atoms with Crippen LogP contribution in [0.15, 0.2) is 0 Å². The van der Waals surface area contributed by atoms with Crippen LogP contribution in [0.1, 0.15) is 39.5 Å². The van der Waals surface area contributed by atoms with E-state index in [4.69, 9.17) is 9.47 Å². The molecular weight excluding hydrogens is 240 g/mol. The first-order valence-electron chi connectivity index (χ1n) is 7.82. The maximum Gasteiger partial charge on any atom is 0.0700 e. The summed E-state index contributed by atoms with van der Waals surface area (Å²) in [6, 6.07) is 1.45. The maximum absolute atomic E-state index is 5.49. The third kappa shape index (κ3) is 7.25. The summed E-state index contributed by atoms with van der Waals surface area (Å²) in [4.78, 5) is 2.63. The van der Waals surface area contributed by atoms with Crippen molar-refractivity contribution in [3.63, 3.8) is 0 Å². The van der Waals surface area contributed by atoms with Gasteiger partial charge in [0.2, 0.25) is 0 Å². The average Bonchev–Trinajstić information content (AvgIpc) is 2.40. The molecule has 0 spiro atoms. The number of ether oxygens (including phenoxy) is 2. The summed E-state index contributed by atoms with van der Waals surface area (Å²) >= 11 is 0. The zero-order valence-corrected chi connectivity index (χ0v) is 13.0. The number of rotatable bonds is 10. The second-order valence-electron chi connectivity index (χ2n) is 5.48. The monoisotopic (exact) mass is 272 g/mol. The van der Waals surface area contributed by atoms with E-state index in [9.17, 15) is 0 Å². The number of nitrogens with zero attached hydrogens (tertiary/aromatic N) is 1. The van der Waals surface area contributed by atoms with Gasteiger partial charge in [-0.2, -0.15) is 0 Å². The molecule has 0 amide bonds. The van der Waals surface area contributed by atoms with E-state index in [-0.39, 0.29) is 0 Å². The first-order chi connectivity index (χ1) is 9.27. The third-order valence-electron chi connectivity index (χ3n) is 3.92. The predicted octanol–water partition coefficient (Wildman–Crippen LogP) is 1.89. The second-order valence-corrected chi connectivity index (χ2v) is 5.48. The van der Waals surface area contributed by atoms with E-state index in [1.165, 1.54) is 32.4 Å². The summed E-state index contributed by atoms with van der Waals surface area (Å²) in [5.74, 6) is 0. The lowest BCUT2D eigenvalue weighted by molar-refractivity contribution is 0.0655. The first-order valence-corrected chi connectivity index (χ1v) is 7.82. The van der Waals surface area contributed by atoms with E-state index < -0.39 is 0 Å². The van der Waals surface area contributed by atoms with Crippen molar-refractivity contribution in [2.45, 2.75) is 51.6 Å². The molecular formula is C15H32N2O2. The third-order valence-corrected chi connectivity index (χ3v) is 3.92. The van der Waals surface area contributed by atoms with E-state index in [0.29, 0.717) is 12.6 Å². The van der Waals surface area contributed by atoms with Crippen LogP contribution in [0.2, 0.25) is 0 Å². The van der Waals surface area contributed by atoms with Crippen LogP contribution in [0, 0.1) is 0 Å². The molecule has 19 heavy (non-hydrogen) atoms. The fourth-order valence-electron chi connectivity index (χ4n) is 2.79.